The molecule has 1 aromatic carbocycles. The van der Waals surface area contributed by atoms with Gasteiger partial charge in [-0.05, 0) is 18.4 Å². The van der Waals surface area contributed by atoms with Gasteiger partial charge in [-0.1, -0.05) is 12.1 Å². The van der Waals surface area contributed by atoms with Crippen LogP contribution in [-0.2, 0) is 0 Å². The molecule has 0 fully saturated rings. The Kier molecular flexibility index (Phi) is 4.62. The largest absolute Gasteiger partial charge is 0.341 e. The first-order valence-electron chi connectivity index (χ1n) is 4.65. The summed E-state index contributed by atoms with van der Waals surface area (Å²) in [6.07, 6.45) is 1.97. The van der Waals surface area contributed by atoms with Crippen LogP contribution in [0, 0.1) is 5.82 Å². The molecule has 4 heteroatoms. The van der Waals surface area contributed by atoms with E-state index in [1.807, 2.05) is 6.26 Å². The maximum atomic E-state index is 13.3. The second kappa shape index (κ2) is 5.75. The molecule has 82 valence electrons. The molecule has 0 bridgehead atoms. The molecule has 0 heterocycles. The summed E-state index contributed by atoms with van der Waals surface area (Å²) in [7, 11) is 1.69. The minimum atomic E-state index is -0.460. The van der Waals surface area contributed by atoms with E-state index < -0.39 is 5.82 Å². The van der Waals surface area contributed by atoms with Crippen LogP contribution in [0.2, 0.25) is 0 Å². The number of halogens is 1. The summed E-state index contributed by atoms with van der Waals surface area (Å²) in [5, 5.41) is 0. The van der Waals surface area contributed by atoms with Gasteiger partial charge >= 0.3 is 0 Å². The smallest absolute Gasteiger partial charge is 0.256 e. The molecule has 1 amide bonds. The molecule has 0 spiro atoms. The highest BCUT2D eigenvalue weighted by atomic mass is 32.2. The van der Waals surface area contributed by atoms with Crippen molar-refractivity contribution in [3.8, 4) is 0 Å². The molecule has 2 nitrogen and oxygen atoms in total. The lowest BCUT2D eigenvalue weighted by Gasteiger charge is -2.16. The number of nitrogens with zero attached hydrogens (tertiary/aromatic N) is 1. The van der Waals surface area contributed by atoms with Crippen molar-refractivity contribution in [2.24, 2.45) is 0 Å². The minimum Gasteiger partial charge on any atom is -0.341 e. The van der Waals surface area contributed by atoms with Crippen LogP contribution in [0.5, 0.6) is 0 Å². The number of rotatable bonds is 4. The number of benzene rings is 1. The van der Waals surface area contributed by atoms with Crippen molar-refractivity contribution in [1.82, 2.24) is 4.90 Å². The quantitative estimate of drug-likeness (QED) is 0.786. The molecule has 0 saturated carbocycles. The zero-order valence-corrected chi connectivity index (χ0v) is 9.68. The summed E-state index contributed by atoms with van der Waals surface area (Å²) in [5.74, 6) is 0.136. The van der Waals surface area contributed by atoms with E-state index >= 15 is 0 Å². The highest BCUT2D eigenvalue weighted by molar-refractivity contribution is 7.98. The SMILES string of the molecule is CSCCN(C)C(=O)c1ccccc1F. The van der Waals surface area contributed by atoms with Crippen LogP contribution < -0.4 is 0 Å². The molecular weight excluding hydrogens is 213 g/mol. The average molecular weight is 227 g/mol. The summed E-state index contributed by atoms with van der Waals surface area (Å²) in [5.41, 5.74) is 0.140. The van der Waals surface area contributed by atoms with E-state index in [1.165, 1.54) is 17.0 Å². The summed E-state index contributed by atoms with van der Waals surface area (Å²) in [6.45, 7) is 0.633. The molecule has 15 heavy (non-hydrogen) atoms. The summed E-state index contributed by atoms with van der Waals surface area (Å²) in [4.78, 5) is 13.3. The lowest BCUT2D eigenvalue weighted by atomic mass is 10.2. The predicted molar refractivity (Wildman–Crippen MR) is 61.7 cm³/mol. The summed E-state index contributed by atoms with van der Waals surface area (Å²) < 4.78 is 13.3. The Morgan fingerprint density at radius 1 is 1.47 bits per heavy atom. The summed E-state index contributed by atoms with van der Waals surface area (Å²) in [6, 6.07) is 6.05. The first-order chi connectivity index (χ1) is 7.16. The third-order valence-electron chi connectivity index (χ3n) is 2.08. The lowest BCUT2D eigenvalue weighted by molar-refractivity contribution is 0.0799. The van der Waals surface area contributed by atoms with Crippen molar-refractivity contribution in [2.45, 2.75) is 0 Å². The van der Waals surface area contributed by atoms with Gasteiger partial charge in [-0.2, -0.15) is 11.8 Å². The van der Waals surface area contributed by atoms with E-state index in [1.54, 1.807) is 30.9 Å². The van der Waals surface area contributed by atoms with Crippen LogP contribution in [0.1, 0.15) is 10.4 Å². The van der Waals surface area contributed by atoms with E-state index in [2.05, 4.69) is 0 Å². The van der Waals surface area contributed by atoms with Crippen LogP contribution >= 0.6 is 11.8 Å². The Bertz CT molecular complexity index is 343. The van der Waals surface area contributed by atoms with Gasteiger partial charge in [0.05, 0.1) is 5.56 Å². The molecule has 0 aromatic heterocycles. The lowest BCUT2D eigenvalue weighted by Crippen LogP contribution is -2.29. The van der Waals surface area contributed by atoms with Gasteiger partial charge in [-0.3, -0.25) is 4.79 Å². The van der Waals surface area contributed by atoms with Crippen molar-refractivity contribution < 1.29 is 9.18 Å². The Balaban J connectivity index is 2.72. The zero-order valence-electron chi connectivity index (χ0n) is 8.87. The van der Waals surface area contributed by atoms with E-state index in [-0.39, 0.29) is 11.5 Å². The Morgan fingerprint density at radius 3 is 2.73 bits per heavy atom. The fraction of sp³-hybridized carbons (Fsp3) is 0.364. The Labute approximate surface area is 93.5 Å². The topological polar surface area (TPSA) is 20.3 Å². The maximum absolute atomic E-state index is 13.3. The first kappa shape index (κ1) is 12.0. The molecule has 0 saturated heterocycles. The molecule has 0 unspecified atom stereocenters. The van der Waals surface area contributed by atoms with Gasteiger partial charge < -0.3 is 4.90 Å². The highest BCUT2D eigenvalue weighted by Crippen LogP contribution is 2.09. The molecule has 1 rings (SSSR count). The Hall–Kier alpha value is -1.03. The molecule has 0 N–H and O–H groups in total. The normalized spacial score (nSPS) is 10.1. The van der Waals surface area contributed by atoms with Crippen LogP contribution in [0.15, 0.2) is 24.3 Å². The number of hydrogen-bond acceptors (Lipinski definition) is 2. The molecule has 0 aliphatic heterocycles. The van der Waals surface area contributed by atoms with E-state index in [4.69, 9.17) is 0 Å². The predicted octanol–water partition coefficient (Wildman–Crippen LogP) is 2.26. The van der Waals surface area contributed by atoms with Gasteiger partial charge in [0.25, 0.3) is 5.91 Å². The maximum Gasteiger partial charge on any atom is 0.256 e. The Morgan fingerprint density at radius 2 is 2.13 bits per heavy atom. The van der Waals surface area contributed by atoms with Gasteiger partial charge in [0, 0.05) is 19.3 Å². The van der Waals surface area contributed by atoms with E-state index in [0.29, 0.717) is 6.54 Å². The number of carbonyl (C=O) groups excluding carboxylic acids is 1. The molecule has 0 radical (unpaired) electrons. The third kappa shape index (κ3) is 3.23. The second-order valence-electron chi connectivity index (χ2n) is 3.20. The van der Waals surface area contributed by atoms with Gasteiger partial charge in [0.1, 0.15) is 5.82 Å². The van der Waals surface area contributed by atoms with Crippen LogP contribution in [-0.4, -0.2) is 36.4 Å². The average Bonchev–Trinajstić information content (AvgIpc) is 2.25. The van der Waals surface area contributed by atoms with Crippen LogP contribution in [0.4, 0.5) is 4.39 Å². The highest BCUT2D eigenvalue weighted by Gasteiger charge is 2.14. The van der Waals surface area contributed by atoms with Gasteiger partial charge in [-0.15, -0.1) is 0 Å². The fourth-order valence-electron chi connectivity index (χ4n) is 1.17. The van der Waals surface area contributed by atoms with E-state index in [0.717, 1.165) is 5.75 Å². The first-order valence-corrected chi connectivity index (χ1v) is 6.05. The second-order valence-corrected chi connectivity index (χ2v) is 4.18. The standard InChI is InChI=1S/C11H14FNOS/c1-13(7-8-15-2)11(14)9-5-3-4-6-10(9)12/h3-6H,7-8H2,1-2H3. The third-order valence-corrected chi connectivity index (χ3v) is 2.67. The number of hydrogen-bond donors (Lipinski definition) is 0. The van der Waals surface area contributed by atoms with Gasteiger partial charge in [0.2, 0.25) is 0 Å². The molecule has 0 atom stereocenters. The van der Waals surface area contributed by atoms with Gasteiger partial charge in [0.15, 0.2) is 0 Å². The van der Waals surface area contributed by atoms with Crippen molar-refractivity contribution in [2.75, 3.05) is 25.6 Å². The minimum absolute atomic E-state index is 0.140. The summed E-state index contributed by atoms with van der Waals surface area (Å²) >= 11 is 1.66. The van der Waals surface area contributed by atoms with Crippen molar-refractivity contribution >= 4 is 17.7 Å². The number of amides is 1. The van der Waals surface area contributed by atoms with Crippen molar-refractivity contribution in [3.63, 3.8) is 0 Å². The molecular formula is C11H14FNOS. The molecule has 1 aromatic rings. The number of carbonyl (C=O) groups is 1. The molecule has 0 aliphatic carbocycles. The van der Waals surface area contributed by atoms with Crippen LogP contribution in [0.3, 0.4) is 0 Å². The van der Waals surface area contributed by atoms with Crippen molar-refractivity contribution in [3.05, 3.63) is 35.6 Å². The number of thioether (sulfide) groups is 1. The fourth-order valence-corrected chi connectivity index (χ4v) is 1.63. The molecule has 0 aliphatic rings. The monoisotopic (exact) mass is 227 g/mol. The van der Waals surface area contributed by atoms with Crippen LogP contribution in [0.25, 0.3) is 0 Å². The van der Waals surface area contributed by atoms with E-state index in [9.17, 15) is 9.18 Å². The zero-order chi connectivity index (χ0) is 11.3. The van der Waals surface area contributed by atoms with Gasteiger partial charge in [-0.25, -0.2) is 4.39 Å². The van der Waals surface area contributed by atoms with Crippen molar-refractivity contribution in [1.29, 1.82) is 0 Å².